The molecule has 3 nitrogen and oxygen atoms in total. The molecule has 0 atom stereocenters. The van der Waals surface area contributed by atoms with Gasteiger partial charge in [-0.1, -0.05) is 35.9 Å². The van der Waals surface area contributed by atoms with Crippen molar-refractivity contribution < 1.29 is 13.9 Å². The van der Waals surface area contributed by atoms with Crippen molar-refractivity contribution in [2.75, 3.05) is 5.32 Å². The van der Waals surface area contributed by atoms with Gasteiger partial charge >= 0.3 is 5.97 Å². The van der Waals surface area contributed by atoms with E-state index in [2.05, 4.69) is 5.32 Å². The van der Waals surface area contributed by atoms with Crippen molar-refractivity contribution in [2.24, 2.45) is 0 Å². The lowest BCUT2D eigenvalue weighted by Crippen LogP contribution is -2.11. The SMILES string of the molecule is Cc1c(Cl)cccc1Nc1cc(F)ccc1C(=O)Oc1ccccc1. The van der Waals surface area contributed by atoms with E-state index in [1.807, 2.05) is 13.0 Å². The van der Waals surface area contributed by atoms with Crippen molar-refractivity contribution in [1.82, 2.24) is 0 Å². The van der Waals surface area contributed by atoms with Gasteiger partial charge < -0.3 is 10.1 Å². The molecule has 0 bridgehead atoms. The molecule has 0 aromatic heterocycles. The van der Waals surface area contributed by atoms with Crippen LogP contribution in [0.3, 0.4) is 0 Å². The van der Waals surface area contributed by atoms with Crippen LogP contribution in [-0.2, 0) is 0 Å². The highest BCUT2D eigenvalue weighted by molar-refractivity contribution is 6.31. The number of ether oxygens (including phenoxy) is 1. The van der Waals surface area contributed by atoms with Gasteiger partial charge in [-0.25, -0.2) is 9.18 Å². The number of esters is 1. The second-order valence-electron chi connectivity index (χ2n) is 5.43. The first-order chi connectivity index (χ1) is 12.0. The Morgan fingerprint density at radius 3 is 2.52 bits per heavy atom. The zero-order valence-corrected chi connectivity index (χ0v) is 14.2. The minimum atomic E-state index is -0.576. The van der Waals surface area contributed by atoms with E-state index in [0.29, 0.717) is 22.1 Å². The Morgan fingerprint density at radius 1 is 1.00 bits per heavy atom. The Kier molecular flexibility index (Phi) is 5.00. The van der Waals surface area contributed by atoms with E-state index in [1.165, 1.54) is 18.2 Å². The van der Waals surface area contributed by atoms with Gasteiger partial charge in [0.15, 0.2) is 0 Å². The molecular formula is C20H15ClFNO2. The van der Waals surface area contributed by atoms with Gasteiger partial charge in [-0.2, -0.15) is 0 Å². The lowest BCUT2D eigenvalue weighted by atomic mass is 10.1. The number of carbonyl (C=O) groups excluding carboxylic acids is 1. The van der Waals surface area contributed by atoms with Crippen LogP contribution in [0.15, 0.2) is 66.7 Å². The van der Waals surface area contributed by atoms with Gasteiger partial charge in [0, 0.05) is 10.7 Å². The second kappa shape index (κ2) is 7.36. The molecule has 0 fully saturated rings. The molecule has 0 saturated carbocycles. The number of hydrogen-bond donors (Lipinski definition) is 1. The van der Waals surface area contributed by atoms with Crippen LogP contribution in [0.4, 0.5) is 15.8 Å². The van der Waals surface area contributed by atoms with Crippen molar-refractivity contribution in [3.8, 4) is 5.75 Å². The number of benzene rings is 3. The van der Waals surface area contributed by atoms with E-state index in [0.717, 1.165) is 5.56 Å². The number of hydrogen-bond acceptors (Lipinski definition) is 3. The van der Waals surface area contributed by atoms with Crippen molar-refractivity contribution in [1.29, 1.82) is 0 Å². The van der Waals surface area contributed by atoms with Crippen molar-refractivity contribution in [3.05, 3.63) is 88.7 Å². The summed E-state index contributed by atoms with van der Waals surface area (Å²) in [5, 5.41) is 3.64. The average Bonchev–Trinajstić information content (AvgIpc) is 2.60. The first-order valence-electron chi connectivity index (χ1n) is 7.63. The largest absolute Gasteiger partial charge is 0.423 e. The summed E-state index contributed by atoms with van der Waals surface area (Å²) in [5.74, 6) is -0.617. The number of carbonyl (C=O) groups is 1. The third kappa shape index (κ3) is 3.98. The topological polar surface area (TPSA) is 38.3 Å². The van der Waals surface area contributed by atoms with Crippen molar-refractivity contribution >= 4 is 28.9 Å². The van der Waals surface area contributed by atoms with E-state index in [4.69, 9.17) is 16.3 Å². The van der Waals surface area contributed by atoms with Crippen LogP contribution >= 0.6 is 11.6 Å². The van der Waals surface area contributed by atoms with Gasteiger partial charge in [0.2, 0.25) is 0 Å². The van der Waals surface area contributed by atoms with Gasteiger partial charge in [0.05, 0.1) is 11.3 Å². The molecule has 3 aromatic carbocycles. The molecule has 0 spiro atoms. The second-order valence-corrected chi connectivity index (χ2v) is 5.84. The molecule has 25 heavy (non-hydrogen) atoms. The molecule has 126 valence electrons. The number of para-hydroxylation sites is 1. The van der Waals surface area contributed by atoms with E-state index in [1.54, 1.807) is 42.5 Å². The zero-order valence-electron chi connectivity index (χ0n) is 13.4. The lowest BCUT2D eigenvalue weighted by Gasteiger charge is -2.14. The zero-order chi connectivity index (χ0) is 17.8. The first kappa shape index (κ1) is 17.0. The van der Waals surface area contributed by atoms with Gasteiger partial charge in [-0.05, 0) is 55.0 Å². The molecule has 3 rings (SSSR count). The standard InChI is InChI=1S/C20H15ClFNO2/c1-13-17(21)8-5-9-18(13)23-19-12-14(22)10-11-16(19)20(24)25-15-6-3-2-4-7-15/h2-12,23H,1H3. The molecule has 3 aromatic rings. The highest BCUT2D eigenvalue weighted by Gasteiger charge is 2.16. The van der Waals surface area contributed by atoms with Crippen LogP contribution in [0.25, 0.3) is 0 Å². The van der Waals surface area contributed by atoms with Gasteiger partial charge in [0.25, 0.3) is 0 Å². The number of halogens is 2. The lowest BCUT2D eigenvalue weighted by molar-refractivity contribution is 0.0736. The third-order valence-electron chi connectivity index (χ3n) is 3.69. The van der Waals surface area contributed by atoms with Gasteiger partial charge in [0.1, 0.15) is 11.6 Å². The fraction of sp³-hybridized carbons (Fsp3) is 0.0500. The molecule has 0 amide bonds. The quantitative estimate of drug-likeness (QED) is 0.478. The van der Waals surface area contributed by atoms with E-state index >= 15 is 0 Å². The van der Waals surface area contributed by atoms with Crippen LogP contribution in [-0.4, -0.2) is 5.97 Å². The molecule has 5 heteroatoms. The summed E-state index contributed by atoms with van der Waals surface area (Å²) in [7, 11) is 0. The van der Waals surface area contributed by atoms with Crippen LogP contribution in [0.1, 0.15) is 15.9 Å². The van der Waals surface area contributed by atoms with E-state index < -0.39 is 11.8 Å². The molecule has 0 saturated heterocycles. The molecule has 0 aliphatic rings. The normalized spacial score (nSPS) is 10.4. The molecule has 0 unspecified atom stereocenters. The Labute approximate surface area is 150 Å². The first-order valence-corrected chi connectivity index (χ1v) is 8.01. The number of rotatable bonds is 4. The van der Waals surface area contributed by atoms with Crippen molar-refractivity contribution in [3.63, 3.8) is 0 Å². The summed E-state index contributed by atoms with van der Waals surface area (Å²) in [6.07, 6.45) is 0. The smallest absolute Gasteiger partial charge is 0.345 e. The minimum Gasteiger partial charge on any atom is -0.423 e. The van der Waals surface area contributed by atoms with Crippen LogP contribution < -0.4 is 10.1 Å². The maximum atomic E-state index is 13.7. The highest BCUT2D eigenvalue weighted by atomic mass is 35.5. The summed E-state index contributed by atoms with van der Waals surface area (Å²) in [6, 6.07) is 17.9. The molecular weight excluding hydrogens is 341 g/mol. The molecule has 0 heterocycles. The maximum Gasteiger partial charge on any atom is 0.345 e. The van der Waals surface area contributed by atoms with Crippen LogP contribution in [0.5, 0.6) is 5.75 Å². The highest BCUT2D eigenvalue weighted by Crippen LogP contribution is 2.29. The summed E-state index contributed by atoms with van der Waals surface area (Å²) < 4.78 is 19.0. The molecule has 0 radical (unpaired) electrons. The summed E-state index contributed by atoms with van der Waals surface area (Å²) in [6.45, 7) is 1.84. The van der Waals surface area contributed by atoms with Crippen LogP contribution in [0.2, 0.25) is 5.02 Å². The summed E-state index contributed by atoms with van der Waals surface area (Å²) in [5.41, 5.74) is 2.03. The average molecular weight is 356 g/mol. The number of nitrogens with one attached hydrogen (secondary N) is 1. The van der Waals surface area contributed by atoms with E-state index in [-0.39, 0.29) is 5.56 Å². The minimum absolute atomic E-state index is 0.227. The fourth-order valence-electron chi connectivity index (χ4n) is 2.34. The van der Waals surface area contributed by atoms with E-state index in [9.17, 15) is 9.18 Å². The molecule has 1 N–H and O–H groups in total. The fourth-order valence-corrected chi connectivity index (χ4v) is 2.51. The van der Waals surface area contributed by atoms with Crippen LogP contribution in [0, 0.1) is 12.7 Å². The Balaban J connectivity index is 1.93. The summed E-state index contributed by atoms with van der Waals surface area (Å²) >= 11 is 6.12. The Hall–Kier alpha value is -2.85. The maximum absolute atomic E-state index is 13.7. The molecule has 0 aliphatic heterocycles. The predicted molar refractivity (Wildman–Crippen MR) is 97.3 cm³/mol. The van der Waals surface area contributed by atoms with Gasteiger partial charge in [-0.3, -0.25) is 0 Å². The summed E-state index contributed by atoms with van der Waals surface area (Å²) in [4.78, 5) is 12.5. The van der Waals surface area contributed by atoms with Crippen molar-refractivity contribution in [2.45, 2.75) is 6.92 Å². The Morgan fingerprint density at radius 2 is 1.76 bits per heavy atom. The third-order valence-corrected chi connectivity index (χ3v) is 4.10. The van der Waals surface area contributed by atoms with Gasteiger partial charge in [-0.15, -0.1) is 0 Å². The molecule has 0 aliphatic carbocycles. The monoisotopic (exact) mass is 355 g/mol. The number of anilines is 2. The Bertz CT molecular complexity index is 913. The predicted octanol–water partition coefficient (Wildman–Crippen LogP) is 5.75.